The molecule has 3 rings (SSSR count). The molecule has 5 heteroatoms. The van der Waals surface area contributed by atoms with Gasteiger partial charge in [-0.3, -0.25) is 0 Å². The SMILES string of the molecule is [C-]#[N+]c1ccc(Oc2nc(C)nc(Oc3cc(C)ccc3C)c2C)cc1C. The van der Waals surface area contributed by atoms with Gasteiger partial charge in [0.1, 0.15) is 17.3 Å². The highest BCUT2D eigenvalue weighted by atomic mass is 16.5. The van der Waals surface area contributed by atoms with Gasteiger partial charge in [0.15, 0.2) is 5.69 Å². The first-order valence-electron chi connectivity index (χ1n) is 8.63. The third kappa shape index (κ3) is 4.06. The molecule has 0 radical (unpaired) electrons. The zero-order valence-electron chi connectivity index (χ0n) is 16.1. The molecule has 0 aliphatic heterocycles. The predicted molar refractivity (Wildman–Crippen MR) is 105 cm³/mol. The van der Waals surface area contributed by atoms with Crippen molar-refractivity contribution in [3.8, 4) is 23.3 Å². The van der Waals surface area contributed by atoms with Crippen LogP contribution in [0.3, 0.4) is 0 Å². The van der Waals surface area contributed by atoms with Crippen LogP contribution in [-0.2, 0) is 0 Å². The van der Waals surface area contributed by atoms with E-state index in [0.717, 1.165) is 22.4 Å². The van der Waals surface area contributed by atoms with E-state index >= 15 is 0 Å². The van der Waals surface area contributed by atoms with E-state index in [9.17, 15) is 0 Å². The van der Waals surface area contributed by atoms with Crippen LogP contribution in [0, 0.1) is 41.2 Å². The average molecular weight is 359 g/mol. The minimum absolute atomic E-state index is 0.442. The normalized spacial score (nSPS) is 10.4. The number of nitrogens with zero attached hydrogens (tertiary/aromatic N) is 3. The second kappa shape index (κ2) is 7.46. The summed E-state index contributed by atoms with van der Waals surface area (Å²) in [4.78, 5) is 12.3. The topological polar surface area (TPSA) is 48.6 Å². The number of benzene rings is 2. The number of hydrogen-bond donors (Lipinski definition) is 0. The van der Waals surface area contributed by atoms with Crippen molar-refractivity contribution in [2.45, 2.75) is 34.6 Å². The molecule has 0 saturated carbocycles. The molecule has 0 atom stereocenters. The van der Waals surface area contributed by atoms with E-state index in [4.69, 9.17) is 16.0 Å². The summed E-state index contributed by atoms with van der Waals surface area (Å²) in [6.07, 6.45) is 0. The Morgan fingerprint density at radius 3 is 2.19 bits per heavy atom. The van der Waals surface area contributed by atoms with E-state index in [1.165, 1.54) is 0 Å². The minimum Gasteiger partial charge on any atom is -0.439 e. The summed E-state index contributed by atoms with van der Waals surface area (Å²) in [5.74, 6) is 2.86. The lowest BCUT2D eigenvalue weighted by atomic mass is 10.1. The highest BCUT2D eigenvalue weighted by Gasteiger charge is 2.15. The van der Waals surface area contributed by atoms with E-state index < -0.39 is 0 Å². The van der Waals surface area contributed by atoms with E-state index in [0.29, 0.717) is 34.6 Å². The predicted octanol–water partition coefficient (Wildman–Crippen LogP) is 6.15. The molecule has 0 amide bonds. The Kier molecular flexibility index (Phi) is 5.09. The molecular weight excluding hydrogens is 338 g/mol. The molecule has 1 aromatic heterocycles. The fourth-order valence-electron chi connectivity index (χ4n) is 2.63. The maximum absolute atomic E-state index is 7.15. The van der Waals surface area contributed by atoms with Crippen molar-refractivity contribution >= 4 is 5.69 Å². The molecule has 5 nitrogen and oxygen atoms in total. The van der Waals surface area contributed by atoms with E-state index in [1.54, 1.807) is 19.1 Å². The second-order valence-corrected chi connectivity index (χ2v) is 6.54. The van der Waals surface area contributed by atoms with Crippen LogP contribution in [0.1, 0.15) is 28.1 Å². The fraction of sp³-hybridized carbons (Fsp3) is 0.227. The molecule has 0 fully saturated rings. The van der Waals surface area contributed by atoms with Gasteiger partial charge in [-0.2, -0.15) is 9.97 Å². The molecule has 0 aliphatic carbocycles. The van der Waals surface area contributed by atoms with Gasteiger partial charge in [0.2, 0.25) is 11.8 Å². The summed E-state index contributed by atoms with van der Waals surface area (Å²) in [5.41, 5.74) is 4.33. The van der Waals surface area contributed by atoms with Crippen LogP contribution >= 0.6 is 0 Å². The second-order valence-electron chi connectivity index (χ2n) is 6.54. The first kappa shape index (κ1) is 18.4. The molecule has 1 heterocycles. The smallest absolute Gasteiger partial charge is 0.229 e. The average Bonchev–Trinajstić information content (AvgIpc) is 2.62. The number of hydrogen-bond acceptors (Lipinski definition) is 4. The molecule has 0 saturated heterocycles. The van der Waals surface area contributed by atoms with Gasteiger partial charge in [-0.1, -0.05) is 18.2 Å². The molecule has 0 N–H and O–H groups in total. The molecule has 2 aromatic carbocycles. The van der Waals surface area contributed by atoms with Gasteiger partial charge in [-0.25, -0.2) is 4.85 Å². The zero-order valence-corrected chi connectivity index (χ0v) is 16.1. The molecular formula is C22H21N3O2. The van der Waals surface area contributed by atoms with Crippen molar-refractivity contribution in [3.05, 3.63) is 75.9 Å². The maximum Gasteiger partial charge on any atom is 0.229 e. The van der Waals surface area contributed by atoms with Crippen LogP contribution in [0.4, 0.5) is 5.69 Å². The summed E-state index contributed by atoms with van der Waals surface area (Å²) in [5, 5.41) is 0. The van der Waals surface area contributed by atoms with Crippen LogP contribution in [0.25, 0.3) is 4.85 Å². The van der Waals surface area contributed by atoms with E-state index in [2.05, 4.69) is 14.8 Å². The maximum atomic E-state index is 7.15. The minimum atomic E-state index is 0.442. The van der Waals surface area contributed by atoms with Crippen molar-refractivity contribution in [2.24, 2.45) is 0 Å². The lowest BCUT2D eigenvalue weighted by Crippen LogP contribution is -2.01. The first-order chi connectivity index (χ1) is 12.9. The van der Waals surface area contributed by atoms with Gasteiger partial charge in [-0.05, 0) is 69.5 Å². The number of ether oxygens (including phenoxy) is 2. The Bertz CT molecular complexity index is 1050. The van der Waals surface area contributed by atoms with Crippen LogP contribution in [-0.4, -0.2) is 9.97 Å². The lowest BCUT2D eigenvalue weighted by Gasteiger charge is -2.14. The Morgan fingerprint density at radius 1 is 0.815 bits per heavy atom. The molecule has 27 heavy (non-hydrogen) atoms. The molecule has 0 aliphatic rings. The van der Waals surface area contributed by atoms with Crippen molar-refractivity contribution in [1.29, 1.82) is 0 Å². The van der Waals surface area contributed by atoms with Gasteiger partial charge >= 0.3 is 0 Å². The molecule has 3 aromatic rings. The number of aryl methyl sites for hydroxylation is 4. The van der Waals surface area contributed by atoms with Crippen molar-refractivity contribution in [1.82, 2.24) is 9.97 Å². The van der Waals surface area contributed by atoms with Gasteiger partial charge < -0.3 is 9.47 Å². The van der Waals surface area contributed by atoms with Gasteiger partial charge in [0, 0.05) is 0 Å². The molecule has 0 spiro atoms. The van der Waals surface area contributed by atoms with Crippen LogP contribution in [0.5, 0.6) is 23.3 Å². The Balaban J connectivity index is 1.95. The third-order valence-electron chi connectivity index (χ3n) is 4.22. The van der Waals surface area contributed by atoms with Crippen molar-refractivity contribution in [3.63, 3.8) is 0 Å². The third-order valence-corrected chi connectivity index (χ3v) is 4.22. The van der Waals surface area contributed by atoms with Crippen LogP contribution in [0.15, 0.2) is 36.4 Å². The standard InChI is InChI=1S/C22H21N3O2/c1-13-7-8-14(2)20(11-13)27-22-16(4)21(24-17(5)25-22)26-18-9-10-19(23-6)15(3)12-18/h7-12H,1-5H3. The summed E-state index contributed by atoms with van der Waals surface area (Å²) in [7, 11) is 0. The summed E-state index contributed by atoms with van der Waals surface area (Å²) < 4.78 is 12.0. The highest BCUT2D eigenvalue weighted by molar-refractivity contribution is 5.55. The quantitative estimate of drug-likeness (QED) is 0.524. The summed E-state index contributed by atoms with van der Waals surface area (Å²) in [6, 6.07) is 11.4. The number of rotatable bonds is 4. The summed E-state index contributed by atoms with van der Waals surface area (Å²) >= 11 is 0. The molecule has 0 bridgehead atoms. The van der Waals surface area contributed by atoms with E-state index in [1.807, 2.05) is 52.0 Å². The van der Waals surface area contributed by atoms with E-state index in [-0.39, 0.29) is 0 Å². The van der Waals surface area contributed by atoms with Gasteiger partial charge in [-0.15, -0.1) is 0 Å². The molecule has 0 unspecified atom stereocenters. The molecule has 136 valence electrons. The Labute approximate surface area is 159 Å². The zero-order chi connectivity index (χ0) is 19.6. The largest absolute Gasteiger partial charge is 0.439 e. The Hall–Kier alpha value is -3.39. The Morgan fingerprint density at radius 2 is 1.52 bits per heavy atom. The highest BCUT2D eigenvalue weighted by Crippen LogP contribution is 2.33. The first-order valence-corrected chi connectivity index (χ1v) is 8.63. The van der Waals surface area contributed by atoms with Gasteiger partial charge in [0.05, 0.1) is 12.1 Å². The van der Waals surface area contributed by atoms with Crippen molar-refractivity contribution in [2.75, 3.05) is 0 Å². The van der Waals surface area contributed by atoms with Crippen molar-refractivity contribution < 1.29 is 9.47 Å². The van der Waals surface area contributed by atoms with Gasteiger partial charge in [0.25, 0.3) is 0 Å². The monoisotopic (exact) mass is 359 g/mol. The lowest BCUT2D eigenvalue weighted by molar-refractivity contribution is 0.422. The number of aromatic nitrogens is 2. The van der Waals surface area contributed by atoms with Crippen LogP contribution in [0.2, 0.25) is 0 Å². The van der Waals surface area contributed by atoms with Crippen LogP contribution < -0.4 is 9.47 Å². The fourth-order valence-corrected chi connectivity index (χ4v) is 2.63. The summed E-state index contributed by atoms with van der Waals surface area (Å²) in [6.45, 7) is 16.7.